The zero-order valence-corrected chi connectivity index (χ0v) is 11.4. The fourth-order valence-corrected chi connectivity index (χ4v) is 2.93. The van der Waals surface area contributed by atoms with Gasteiger partial charge in [-0.25, -0.2) is 0 Å². The van der Waals surface area contributed by atoms with E-state index in [0.717, 1.165) is 24.7 Å². The van der Waals surface area contributed by atoms with Crippen molar-refractivity contribution in [2.24, 2.45) is 11.8 Å². The summed E-state index contributed by atoms with van der Waals surface area (Å²) in [5, 5.41) is 9.82. The van der Waals surface area contributed by atoms with E-state index in [1.54, 1.807) is 0 Å². The zero-order valence-electron chi connectivity index (χ0n) is 11.4. The summed E-state index contributed by atoms with van der Waals surface area (Å²) in [5.41, 5.74) is 0. The first-order chi connectivity index (χ1) is 7.54. The third kappa shape index (κ3) is 4.06. The van der Waals surface area contributed by atoms with Crippen LogP contribution in [0.25, 0.3) is 0 Å². The lowest BCUT2D eigenvalue weighted by Gasteiger charge is -2.41. The summed E-state index contributed by atoms with van der Waals surface area (Å²) in [7, 11) is 0. The van der Waals surface area contributed by atoms with Crippen molar-refractivity contribution >= 4 is 0 Å². The highest BCUT2D eigenvalue weighted by Gasteiger charge is 2.30. The number of aliphatic hydroxyl groups is 1. The summed E-state index contributed by atoms with van der Waals surface area (Å²) in [6.45, 7) is 11.5. The maximum Gasteiger partial charge on any atom is 0.0555 e. The molecular weight excluding hydrogens is 198 g/mol. The van der Waals surface area contributed by atoms with Gasteiger partial charge in [0.1, 0.15) is 0 Å². The SMILES string of the molecule is CCCN(CC(C)C)C1CC(O)CCC1C. The van der Waals surface area contributed by atoms with Gasteiger partial charge in [-0.05, 0) is 44.1 Å². The average molecular weight is 227 g/mol. The van der Waals surface area contributed by atoms with Crippen LogP contribution in [0.2, 0.25) is 0 Å². The van der Waals surface area contributed by atoms with Gasteiger partial charge in [-0.15, -0.1) is 0 Å². The van der Waals surface area contributed by atoms with Gasteiger partial charge in [-0.3, -0.25) is 4.90 Å². The van der Waals surface area contributed by atoms with E-state index >= 15 is 0 Å². The van der Waals surface area contributed by atoms with Crippen molar-refractivity contribution in [1.82, 2.24) is 4.90 Å². The normalized spacial score (nSPS) is 31.3. The average Bonchev–Trinajstić information content (AvgIpc) is 2.20. The molecule has 0 heterocycles. The molecule has 1 fully saturated rings. The minimum Gasteiger partial charge on any atom is -0.393 e. The molecule has 0 aromatic carbocycles. The second-order valence-corrected chi connectivity index (χ2v) is 5.90. The van der Waals surface area contributed by atoms with E-state index in [9.17, 15) is 5.11 Å². The summed E-state index contributed by atoms with van der Waals surface area (Å²) in [6.07, 6.45) is 4.32. The van der Waals surface area contributed by atoms with E-state index < -0.39 is 0 Å². The summed E-state index contributed by atoms with van der Waals surface area (Å²) in [4.78, 5) is 2.61. The van der Waals surface area contributed by atoms with Crippen LogP contribution in [0.15, 0.2) is 0 Å². The van der Waals surface area contributed by atoms with Crippen LogP contribution < -0.4 is 0 Å². The molecule has 16 heavy (non-hydrogen) atoms. The monoisotopic (exact) mass is 227 g/mol. The molecule has 1 saturated carbocycles. The van der Waals surface area contributed by atoms with Crippen molar-refractivity contribution in [3.05, 3.63) is 0 Å². The summed E-state index contributed by atoms with van der Waals surface area (Å²) in [5.74, 6) is 1.46. The first-order valence-corrected chi connectivity index (χ1v) is 6.96. The van der Waals surface area contributed by atoms with Crippen molar-refractivity contribution in [3.63, 3.8) is 0 Å². The second kappa shape index (κ2) is 6.61. The Morgan fingerprint density at radius 2 is 2.00 bits per heavy atom. The highest BCUT2D eigenvalue weighted by Crippen LogP contribution is 2.29. The van der Waals surface area contributed by atoms with Gasteiger partial charge >= 0.3 is 0 Å². The Bertz CT molecular complexity index is 193. The third-order valence-corrected chi connectivity index (χ3v) is 3.71. The molecule has 3 atom stereocenters. The van der Waals surface area contributed by atoms with E-state index in [1.165, 1.54) is 25.9 Å². The van der Waals surface area contributed by atoms with Gasteiger partial charge in [0, 0.05) is 12.6 Å². The lowest BCUT2D eigenvalue weighted by atomic mass is 9.83. The lowest BCUT2D eigenvalue weighted by molar-refractivity contribution is 0.0271. The van der Waals surface area contributed by atoms with Crippen LogP contribution >= 0.6 is 0 Å². The zero-order chi connectivity index (χ0) is 12.1. The van der Waals surface area contributed by atoms with Gasteiger partial charge in [0.25, 0.3) is 0 Å². The Labute approximate surface area is 101 Å². The van der Waals surface area contributed by atoms with Crippen molar-refractivity contribution in [3.8, 4) is 0 Å². The van der Waals surface area contributed by atoms with Crippen LogP contribution in [-0.4, -0.2) is 35.2 Å². The van der Waals surface area contributed by atoms with E-state index in [1.807, 2.05) is 0 Å². The predicted octanol–water partition coefficient (Wildman–Crippen LogP) is 2.90. The van der Waals surface area contributed by atoms with Gasteiger partial charge in [0.15, 0.2) is 0 Å². The summed E-state index contributed by atoms with van der Waals surface area (Å²) < 4.78 is 0. The molecule has 1 N–H and O–H groups in total. The molecule has 2 heteroatoms. The Morgan fingerprint density at radius 1 is 1.31 bits per heavy atom. The van der Waals surface area contributed by atoms with Crippen LogP contribution in [0.3, 0.4) is 0 Å². The molecule has 3 unspecified atom stereocenters. The molecular formula is C14H29NO. The number of nitrogens with zero attached hydrogens (tertiary/aromatic N) is 1. The predicted molar refractivity (Wildman–Crippen MR) is 69.5 cm³/mol. The van der Waals surface area contributed by atoms with Gasteiger partial charge in [0.2, 0.25) is 0 Å². The van der Waals surface area contributed by atoms with Gasteiger partial charge in [0.05, 0.1) is 6.10 Å². The molecule has 0 aromatic rings. The Hall–Kier alpha value is -0.0800. The molecule has 96 valence electrons. The molecule has 0 saturated heterocycles. The molecule has 1 aliphatic carbocycles. The molecule has 1 rings (SSSR count). The molecule has 0 amide bonds. The highest BCUT2D eigenvalue weighted by molar-refractivity contribution is 4.85. The van der Waals surface area contributed by atoms with E-state index in [-0.39, 0.29) is 6.10 Å². The Balaban J connectivity index is 2.59. The van der Waals surface area contributed by atoms with E-state index in [0.29, 0.717) is 6.04 Å². The first-order valence-electron chi connectivity index (χ1n) is 6.96. The highest BCUT2D eigenvalue weighted by atomic mass is 16.3. The van der Waals surface area contributed by atoms with Crippen LogP contribution in [-0.2, 0) is 0 Å². The third-order valence-electron chi connectivity index (χ3n) is 3.71. The largest absolute Gasteiger partial charge is 0.393 e. The standard InChI is InChI=1S/C14H29NO/c1-5-8-15(10-11(2)3)14-9-13(16)7-6-12(14)4/h11-14,16H,5-10H2,1-4H3. The van der Waals surface area contributed by atoms with Crippen LogP contribution in [0.1, 0.15) is 53.4 Å². The fraction of sp³-hybridized carbons (Fsp3) is 1.00. The van der Waals surface area contributed by atoms with Crippen LogP contribution in [0, 0.1) is 11.8 Å². The number of rotatable bonds is 5. The van der Waals surface area contributed by atoms with Crippen LogP contribution in [0.5, 0.6) is 0 Å². The smallest absolute Gasteiger partial charge is 0.0555 e. The molecule has 0 aromatic heterocycles. The minimum atomic E-state index is -0.0623. The lowest BCUT2D eigenvalue weighted by Crippen LogP contribution is -2.46. The molecule has 0 spiro atoms. The molecule has 0 bridgehead atoms. The summed E-state index contributed by atoms with van der Waals surface area (Å²) in [6, 6.07) is 0.603. The van der Waals surface area contributed by atoms with E-state index in [4.69, 9.17) is 0 Å². The van der Waals surface area contributed by atoms with Gasteiger partial charge < -0.3 is 5.11 Å². The van der Waals surface area contributed by atoms with Crippen molar-refractivity contribution in [2.75, 3.05) is 13.1 Å². The Morgan fingerprint density at radius 3 is 2.56 bits per heavy atom. The molecule has 0 aliphatic heterocycles. The number of aliphatic hydroxyl groups excluding tert-OH is 1. The number of hydrogen-bond donors (Lipinski definition) is 1. The van der Waals surface area contributed by atoms with Crippen molar-refractivity contribution in [2.45, 2.75) is 65.5 Å². The first kappa shape index (κ1) is 14.0. The van der Waals surface area contributed by atoms with Crippen molar-refractivity contribution < 1.29 is 5.11 Å². The van der Waals surface area contributed by atoms with Crippen LogP contribution in [0.4, 0.5) is 0 Å². The maximum atomic E-state index is 9.82. The molecule has 0 radical (unpaired) electrons. The number of hydrogen-bond acceptors (Lipinski definition) is 2. The molecule has 1 aliphatic rings. The molecule has 2 nitrogen and oxygen atoms in total. The van der Waals surface area contributed by atoms with Crippen molar-refractivity contribution in [1.29, 1.82) is 0 Å². The summed E-state index contributed by atoms with van der Waals surface area (Å²) >= 11 is 0. The Kier molecular flexibility index (Phi) is 5.77. The fourth-order valence-electron chi connectivity index (χ4n) is 2.93. The minimum absolute atomic E-state index is 0.0623. The van der Waals surface area contributed by atoms with Gasteiger partial charge in [-0.2, -0.15) is 0 Å². The maximum absolute atomic E-state index is 9.82. The quantitative estimate of drug-likeness (QED) is 0.780. The second-order valence-electron chi connectivity index (χ2n) is 5.90. The van der Waals surface area contributed by atoms with Gasteiger partial charge in [-0.1, -0.05) is 27.7 Å². The topological polar surface area (TPSA) is 23.5 Å². The van der Waals surface area contributed by atoms with E-state index in [2.05, 4.69) is 32.6 Å².